The average Bonchev–Trinajstić information content (AvgIpc) is 2.28. The first-order valence-corrected chi connectivity index (χ1v) is 7.99. The molecule has 0 bridgehead atoms. The first-order chi connectivity index (χ1) is 8.46. The molecule has 0 radical (unpaired) electrons. The van der Waals surface area contributed by atoms with Crippen LogP contribution in [0.5, 0.6) is 5.75 Å². The highest BCUT2D eigenvalue weighted by Crippen LogP contribution is 2.22. The van der Waals surface area contributed by atoms with Gasteiger partial charge < -0.3 is 10.1 Å². The number of rotatable bonds is 3. The largest absolute Gasteiger partial charge is 0.491 e. The van der Waals surface area contributed by atoms with Crippen LogP contribution in [0.1, 0.15) is 25.5 Å². The molecule has 1 aliphatic rings. The second-order valence-electron chi connectivity index (χ2n) is 4.86. The van der Waals surface area contributed by atoms with Crippen LogP contribution in [0.2, 0.25) is 0 Å². The number of sulfone groups is 1. The number of ether oxygens (including phenoxy) is 1. The molecule has 1 aliphatic heterocycles. The molecule has 0 aromatic heterocycles. The second-order valence-corrected chi connectivity index (χ2v) is 7.09. The van der Waals surface area contributed by atoms with E-state index in [4.69, 9.17) is 4.74 Å². The molecule has 0 saturated carbocycles. The summed E-state index contributed by atoms with van der Waals surface area (Å²) in [6.45, 7) is 4.48. The Morgan fingerprint density at radius 3 is 2.50 bits per heavy atom. The standard InChI is InChI=1S/C13H19NO3S/c1-10(2)17-12-5-3-11(4-6-12)13-9-18(15,16)8-7-14-13/h3-6,10,13-14H,7-9H2,1-2H3. The summed E-state index contributed by atoms with van der Waals surface area (Å²) in [4.78, 5) is 0. The predicted octanol–water partition coefficient (Wildman–Crippen LogP) is 1.53. The van der Waals surface area contributed by atoms with Gasteiger partial charge in [0.25, 0.3) is 0 Å². The van der Waals surface area contributed by atoms with Crippen molar-refractivity contribution in [2.45, 2.75) is 26.0 Å². The van der Waals surface area contributed by atoms with Gasteiger partial charge in [0.2, 0.25) is 0 Å². The van der Waals surface area contributed by atoms with Crippen LogP contribution in [-0.2, 0) is 9.84 Å². The van der Waals surface area contributed by atoms with Crippen molar-refractivity contribution in [2.24, 2.45) is 0 Å². The third kappa shape index (κ3) is 3.46. The Balaban J connectivity index is 2.09. The lowest BCUT2D eigenvalue weighted by Gasteiger charge is -2.24. The number of hydrogen-bond donors (Lipinski definition) is 1. The molecule has 0 aliphatic carbocycles. The maximum atomic E-state index is 11.6. The minimum Gasteiger partial charge on any atom is -0.491 e. The number of nitrogens with one attached hydrogen (secondary N) is 1. The van der Waals surface area contributed by atoms with Crippen LogP contribution in [-0.4, -0.2) is 32.6 Å². The third-order valence-corrected chi connectivity index (χ3v) is 4.55. The van der Waals surface area contributed by atoms with Crippen LogP contribution >= 0.6 is 0 Å². The van der Waals surface area contributed by atoms with Crippen LogP contribution in [0.3, 0.4) is 0 Å². The summed E-state index contributed by atoms with van der Waals surface area (Å²) in [5, 5.41) is 3.23. The zero-order valence-electron chi connectivity index (χ0n) is 10.7. The van der Waals surface area contributed by atoms with E-state index in [-0.39, 0.29) is 23.7 Å². The Kier molecular flexibility index (Phi) is 3.92. The molecule has 1 unspecified atom stereocenters. The summed E-state index contributed by atoms with van der Waals surface area (Å²) in [6, 6.07) is 7.53. The molecule has 0 amide bonds. The fraction of sp³-hybridized carbons (Fsp3) is 0.538. The second kappa shape index (κ2) is 5.28. The average molecular weight is 269 g/mol. The lowest BCUT2D eigenvalue weighted by Crippen LogP contribution is -2.39. The monoisotopic (exact) mass is 269 g/mol. The Labute approximate surface area is 108 Å². The highest BCUT2D eigenvalue weighted by molar-refractivity contribution is 7.91. The van der Waals surface area contributed by atoms with Gasteiger partial charge in [0.05, 0.1) is 17.6 Å². The fourth-order valence-corrected chi connectivity index (χ4v) is 3.46. The molecule has 2 rings (SSSR count). The summed E-state index contributed by atoms with van der Waals surface area (Å²) in [5.74, 6) is 1.22. The van der Waals surface area contributed by atoms with Crippen molar-refractivity contribution < 1.29 is 13.2 Å². The van der Waals surface area contributed by atoms with Crippen molar-refractivity contribution >= 4 is 9.84 Å². The fourth-order valence-electron chi connectivity index (χ4n) is 2.05. The van der Waals surface area contributed by atoms with Crippen molar-refractivity contribution in [3.05, 3.63) is 29.8 Å². The van der Waals surface area contributed by atoms with E-state index in [1.54, 1.807) is 0 Å². The van der Waals surface area contributed by atoms with E-state index in [0.29, 0.717) is 6.54 Å². The van der Waals surface area contributed by atoms with Gasteiger partial charge in [0.1, 0.15) is 5.75 Å². The minimum absolute atomic E-state index is 0.100. The first kappa shape index (κ1) is 13.4. The zero-order chi connectivity index (χ0) is 13.2. The molecule has 4 nitrogen and oxygen atoms in total. The summed E-state index contributed by atoms with van der Waals surface area (Å²) in [7, 11) is -2.90. The van der Waals surface area contributed by atoms with Crippen molar-refractivity contribution in [1.82, 2.24) is 5.32 Å². The minimum atomic E-state index is -2.90. The molecule has 1 aromatic carbocycles. The summed E-state index contributed by atoms with van der Waals surface area (Å²) in [5.41, 5.74) is 0.995. The highest BCUT2D eigenvalue weighted by atomic mass is 32.2. The van der Waals surface area contributed by atoms with Crippen molar-refractivity contribution in [2.75, 3.05) is 18.1 Å². The molecular weight excluding hydrogens is 250 g/mol. The van der Waals surface area contributed by atoms with Gasteiger partial charge in [-0.25, -0.2) is 8.42 Å². The van der Waals surface area contributed by atoms with E-state index in [1.165, 1.54) is 0 Å². The smallest absolute Gasteiger partial charge is 0.153 e. The molecule has 0 spiro atoms. The topological polar surface area (TPSA) is 55.4 Å². The molecule has 100 valence electrons. The number of hydrogen-bond acceptors (Lipinski definition) is 4. The van der Waals surface area contributed by atoms with Gasteiger partial charge in [-0.2, -0.15) is 0 Å². The van der Waals surface area contributed by atoms with E-state index in [0.717, 1.165) is 11.3 Å². The van der Waals surface area contributed by atoms with Crippen molar-refractivity contribution in [3.8, 4) is 5.75 Å². The van der Waals surface area contributed by atoms with Crippen LogP contribution < -0.4 is 10.1 Å². The maximum Gasteiger partial charge on any atom is 0.153 e. The first-order valence-electron chi connectivity index (χ1n) is 6.17. The van der Waals surface area contributed by atoms with Gasteiger partial charge in [-0.3, -0.25) is 0 Å². The Hall–Kier alpha value is -1.07. The van der Waals surface area contributed by atoms with Gasteiger partial charge in [-0.05, 0) is 31.5 Å². The number of benzene rings is 1. The molecule has 18 heavy (non-hydrogen) atoms. The summed E-state index contributed by atoms with van der Waals surface area (Å²) in [6.07, 6.45) is 0.143. The van der Waals surface area contributed by atoms with Gasteiger partial charge in [0.15, 0.2) is 9.84 Å². The Bertz CT molecular complexity index is 493. The van der Waals surface area contributed by atoms with E-state index in [2.05, 4.69) is 5.32 Å². The van der Waals surface area contributed by atoms with Crippen LogP contribution in [0.25, 0.3) is 0 Å². The van der Waals surface area contributed by atoms with Crippen LogP contribution in [0, 0.1) is 0 Å². The van der Waals surface area contributed by atoms with E-state index in [9.17, 15) is 8.42 Å². The van der Waals surface area contributed by atoms with Crippen molar-refractivity contribution in [1.29, 1.82) is 0 Å². The van der Waals surface area contributed by atoms with Gasteiger partial charge in [-0.1, -0.05) is 12.1 Å². The maximum absolute atomic E-state index is 11.6. The molecule has 1 N–H and O–H groups in total. The molecule has 1 fully saturated rings. The van der Waals surface area contributed by atoms with Gasteiger partial charge >= 0.3 is 0 Å². The lowest BCUT2D eigenvalue weighted by molar-refractivity contribution is 0.242. The third-order valence-electron chi connectivity index (χ3n) is 2.88. The molecular formula is C13H19NO3S. The molecule has 1 heterocycles. The van der Waals surface area contributed by atoms with E-state index < -0.39 is 9.84 Å². The molecule has 1 aromatic rings. The van der Waals surface area contributed by atoms with Gasteiger partial charge in [-0.15, -0.1) is 0 Å². The predicted molar refractivity (Wildman–Crippen MR) is 71.6 cm³/mol. The summed E-state index contributed by atoms with van der Waals surface area (Å²) < 4.78 is 28.7. The highest BCUT2D eigenvalue weighted by Gasteiger charge is 2.25. The molecule has 1 atom stereocenters. The lowest BCUT2D eigenvalue weighted by atomic mass is 10.1. The zero-order valence-corrected chi connectivity index (χ0v) is 11.5. The van der Waals surface area contributed by atoms with Crippen molar-refractivity contribution in [3.63, 3.8) is 0 Å². The normalized spacial score (nSPS) is 22.9. The van der Waals surface area contributed by atoms with Crippen LogP contribution in [0.4, 0.5) is 0 Å². The van der Waals surface area contributed by atoms with E-state index >= 15 is 0 Å². The van der Waals surface area contributed by atoms with Crippen LogP contribution in [0.15, 0.2) is 24.3 Å². The summed E-state index contributed by atoms with van der Waals surface area (Å²) >= 11 is 0. The SMILES string of the molecule is CC(C)Oc1ccc(C2CS(=O)(=O)CCN2)cc1. The Morgan fingerprint density at radius 1 is 1.28 bits per heavy atom. The van der Waals surface area contributed by atoms with E-state index in [1.807, 2.05) is 38.1 Å². The molecule has 5 heteroatoms. The van der Waals surface area contributed by atoms with Gasteiger partial charge in [0, 0.05) is 12.6 Å². The molecule has 1 saturated heterocycles. The Morgan fingerprint density at radius 2 is 1.94 bits per heavy atom. The quantitative estimate of drug-likeness (QED) is 0.904.